The minimum Gasteiger partial charge on any atom is -0.356 e. The highest BCUT2D eigenvalue weighted by atomic mass is 35.5. The van der Waals surface area contributed by atoms with E-state index in [4.69, 9.17) is 16.3 Å². The SMILES string of the molecule is [CH2][C@]1(c2cc(SCC=C)c(F)cc2F)O[C@@H]1c1ccccc1Cl. The lowest BCUT2D eigenvalue weighted by Crippen LogP contribution is -2.09. The molecule has 0 saturated carbocycles. The third-order valence-corrected chi connectivity index (χ3v) is 5.09. The van der Waals surface area contributed by atoms with Crippen LogP contribution in [0, 0.1) is 18.6 Å². The van der Waals surface area contributed by atoms with Crippen molar-refractivity contribution < 1.29 is 13.5 Å². The molecule has 2 aromatic carbocycles. The molecule has 0 spiro atoms. The number of benzene rings is 2. The summed E-state index contributed by atoms with van der Waals surface area (Å²) >= 11 is 7.41. The fraction of sp³-hybridized carbons (Fsp3) is 0.167. The van der Waals surface area contributed by atoms with E-state index < -0.39 is 23.3 Å². The highest BCUT2D eigenvalue weighted by molar-refractivity contribution is 7.99. The van der Waals surface area contributed by atoms with Gasteiger partial charge in [-0.15, -0.1) is 18.3 Å². The lowest BCUT2D eigenvalue weighted by Gasteiger charge is -2.12. The molecule has 0 aliphatic carbocycles. The monoisotopic (exact) mass is 351 g/mol. The second-order valence-corrected chi connectivity index (χ2v) is 6.74. The van der Waals surface area contributed by atoms with Crippen LogP contribution in [0.4, 0.5) is 8.78 Å². The van der Waals surface area contributed by atoms with Gasteiger partial charge in [-0.05, 0) is 19.1 Å². The molecule has 0 bridgehead atoms. The summed E-state index contributed by atoms with van der Waals surface area (Å²) in [5.41, 5.74) is -0.115. The molecule has 3 rings (SSSR count). The van der Waals surface area contributed by atoms with E-state index in [1.54, 1.807) is 12.1 Å². The van der Waals surface area contributed by atoms with Gasteiger partial charge in [-0.25, -0.2) is 8.78 Å². The normalized spacial score (nSPS) is 22.9. The van der Waals surface area contributed by atoms with Crippen molar-refractivity contribution in [2.24, 2.45) is 0 Å². The Morgan fingerprint density at radius 3 is 2.70 bits per heavy atom. The van der Waals surface area contributed by atoms with Gasteiger partial charge in [0.05, 0.1) is 0 Å². The summed E-state index contributed by atoms with van der Waals surface area (Å²) in [6.45, 7) is 7.59. The van der Waals surface area contributed by atoms with Crippen LogP contribution in [-0.2, 0) is 10.3 Å². The summed E-state index contributed by atoms with van der Waals surface area (Å²) in [5.74, 6) is -0.743. The van der Waals surface area contributed by atoms with Crippen LogP contribution in [0.25, 0.3) is 0 Å². The van der Waals surface area contributed by atoms with Crippen LogP contribution in [0.3, 0.4) is 0 Å². The molecule has 0 amide bonds. The van der Waals surface area contributed by atoms with Gasteiger partial charge >= 0.3 is 0 Å². The van der Waals surface area contributed by atoms with Gasteiger partial charge in [0, 0.05) is 32.9 Å². The highest BCUT2D eigenvalue weighted by Gasteiger charge is 2.56. The topological polar surface area (TPSA) is 12.5 Å². The maximum absolute atomic E-state index is 14.3. The van der Waals surface area contributed by atoms with Crippen molar-refractivity contribution in [1.29, 1.82) is 0 Å². The number of epoxide rings is 1. The van der Waals surface area contributed by atoms with Crippen LogP contribution in [-0.4, -0.2) is 5.75 Å². The van der Waals surface area contributed by atoms with Gasteiger partial charge in [-0.3, -0.25) is 0 Å². The molecule has 1 saturated heterocycles. The molecule has 1 fully saturated rings. The number of ether oxygens (including phenoxy) is 1. The Bertz CT molecular complexity index is 765. The Morgan fingerprint density at radius 1 is 1.26 bits per heavy atom. The summed E-state index contributed by atoms with van der Waals surface area (Å²) in [7, 11) is 0. The van der Waals surface area contributed by atoms with Gasteiger partial charge in [0.1, 0.15) is 23.3 Å². The molecule has 2 aromatic rings. The molecular weight excluding hydrogens is 338 g/mol. The molecular formula is C18H14ClF2OS. The molecule has 1 aliphatic heterocycles. The van der Waals surface area contributed by atoms with Crippen LogP contribution in [0.2, 0.25) is 5.02 Å². The van der Waals surface area contributed by atoms with E-state index in [2.05, 4.69) is 13.5 Å². The first-order chi connectivity index (χ1) is 11.0. The smallest absolute Gasteiger partial charge is 0.139 e. The van der Waals surface area contributed by atoms with E-state index >= 15 is 0 Å². The van der Waals surface area contributed by atoms with Crippen LogP contribution in [0.15, 0.2) is 53.9 Å². The van der Waals surface area contributed by atoms with E-state index in [0.717, 1.165) is 11.6 Å². The number of rotatable bonds is 5. The third-order valence-electron chi connectivity index (χ3n) is 3.72. The Labute approximate surface area is 143 Å². The fourth-order valence-corrected chi connectivity index (χ4v) is 3.43. The zero-order chi connectivity index (χ0) is 16.6. The Kier molecular flexibility index (Phi) is 4.50. The van der Waals surface area contributed by atoms with E-state index in [1.165, 1.54) is 17.8 Å². The fourth-order valence-electron chi connectivity index (χ4n) is 2.50. The van der Waals surface area contributed by atoms with Crippen molar-refractivity contribution in [2.45, 2.75) is 16.6 Å². The molecule has 0 unspecified atom stereocenters. The predicted octanol–water partition coefficient (Wildman–Crippen LogP) is 5.70. The molecule has 2 atom stereocenters. The average molecular weight is 352 g/mol. The summed E-state index contributed by atoms with van der Waals surface area (Å²) < 4.78 is 33.8. The first-order valence-electron chi connectivity index (χ1n) is 6.98. The van der Waals surface area contributed by atoms with E-state index in [-0.39, 0.29) is 5.56 Å². The lowest BCUT2D eigenvalue weighted by atomic mass is 9.93. The molecule has 119 valence electrons. The van der Waals surface area contributed by atoms with Gasteiger partial charge < -0.3 is 4.74 Å². The summed E-state index contributed by atoms with van der Waals surface area (Å²) in [6, 6.07) is 9.53. The molecule has 23 heavy (non-hydrogen) atoms. The third kappa shape index (κ3) is 3.03. The minimum atomic E-state index is -1.09. The van der Waals surface area contributed by atoms with Crippen molar-refractivity contribution >= 4 is 23.4 Å². The van der Waals surface area contributed by atoms with Crippen LogP contribution < -0.4 is 0 Å². The van der Waals surface area contributed by atoms with Crippen molar-refractivity contribution in [2.75, 3.05) is 5.75 Å². The molecule has 5 heteroatoms. The van der Waals surface area contributed by atoms with E-state index in [1.807, 2.05) is 18.2 Å². The van der Waals surface area contributed by atoms with Crippen molar-refractivity contribution in [1.82, 2.24) is 0 Å². The Hall–Kier alpha value is -1.36. The first kappa shape index (κ1) is 16.5. The second-order valence-electron chi connectivity index (χ2n) is 5.27. The highest BCUT2D eigenvalue weighted by Crippen LogP contribution is 2.58. The predicted molar refractivity (Wildman–Crippen MR) is 89.6 cm³/mol. The van der Waals surface area contributed by atoms with Crippen molar-refractivity contribution in [3.8, 4) is 0 Å². The standard InChI is InChI=1S/C18H14ClF2OS/c1-3-8-23-16-9-12(14(20)10-15(16)21)18(2)17(22-18)11-6-4-5-7-13(11)19/h3-7,9-10,17H,1-2,8H2/t17-,18-/m1/s1. The van der Waals surface area contributed by atoms with Gasteiger partial charge in [-0.2, -0.15) is 0 Å². The van der Waals surface area contributed by atoms with Crippen LogP contribution in [0.5, 0.6) is 0 Å². The molecule has 1 radical (unpaired) electrons. The van der Waals surface area contributed by atoms with Crippen molar-refractivity contribution in [3.05, 3.63) is 83.8 Å². The summed E-state index contributed by atoms with van der Waals surface area (Å²) in [6.07, 6.45) is 1.21. The number of hydrogen-bond acceptors (Lipinski definition) is 2. The zero-order valence-electron chi connectivity index (χ0n) is 12.2. The van der Waals surface area contributed by atoms with Gasteiger partial charge in [0.25, 0.3) is 0 Å². The average Bonchev–Trinajstić information content (AvgIpc) is 3.19. The van der Waals surface area contributed by atoms with Gasteiger partial charge in [-0.1, -0.05) is 35.9 Å². The summed E-state index contributed by atoms with van der Waals surface area (Å²) in [5, 5.41) is 0.534. The van der Waals surface area contributed by atoms with Gasteiger partial charge in [0.15, 0.2) is 0 Å². The van der Waals surface area contributed by atoms with Gasteiger partial charge in [0.2, 0.25) is 0 Å². The van der Waals surface area contributed by atoms with E-state index in [0.29, 0.717) is 15.7 Å². The lowest BCUT2D eigenvalue weighted by molar-refractivity contribution is 0.327. The van der Waals surface area contributed by atoms with Crippen LogP contribution >= 0.6 is 23.4 Å². The maximum atomic E-state index is 14.3. The molecule has 1 nitrogen and oxygen atoms in total. The minimum absolute atomic E-state index is 0.232. The first-order valence-corrected chi connectivity index (χ1v) is 8.34. The second kappa shape index (κ2) is 6.27. The maximum Gasteiger partial charge on any atom is 0.139 e. The molecule has 0 aromatic heterocycles. The molecule has 1 heterocycles. The number of thioether (sulfide) groups is 1. The molecule has 0 N–H and O–H groups in total. The van der Waals surface area contributed by atoms with E-state index in [9.17, 15) is 8.78 Å². The largest absolute Gasteiger partial charge is 0.356 e. The number of halogens is 3. The Balaban J connectivity index is 1.96. The summed E-state index contributed by atoms with van der Waals surface area (Å²) in [4.78, 5) is 0.345. The number of hydrogen-bond donors (Lipinski definition) is 0. The van der Waals surface area contributed by atoms with Crippen LogP contribution in [0.1, 0.15) is 17.2 Å². The van der Waals surface area contributed by atoms with Crippen molar-refractivity contribution in [3.63, 3.8) is 0 Å². The zero-order valence-corrected chi connectivity index (χ0v) is 13.8. The quantitative estimate of drug-likeness (QED) is 0.389. The molecule has 1 aliphatic rings. The Morgan fingerprint density at radius 2 is 2.00 bits per heavy atom.